The van der Waals surface area contributed by atoms with E-state index in [4.69, 9.17) is 0 Å². The van der Waals surface area contributed by atoms with E-state index in [9.17, 15) is 13.2 Å². The van der Waals surface area contributed by atoms with Gasteiger partial charge in [0.25, 0.3) is 0 Å². The molecule has 3 aromatic rings. The first-order valence-corrected chi connectivity index (χ1v) is 13.9. The number of hydrogen-bond donors (Lipinski definition) is 0. The summed E-state index contributed by atoms with van der Waals surface area (Å²) in [5.74, 6) is -0.190. The standard InChI is InChI=1S/C25H27N3O3S2/c1-33(30,31)21-10-5-9-20(15-21)23(29)22-16-26-24(32-22)27-14-12-25(18-27)11-6-13-28(25)17-19-7-3-2-4-8-19/h2-5,7-10,15-16H,6,11-14,17-18H2,1H3. The highest BCUT2D eigenvalue weighted by Crippen LogP contribution is 2.41. The molecule has 3 heterocycles. The Bertz CT molecular complexity index is 1270. The van der Waals surface area contributed by atoms with Gasteiger partial charge in [0, 0.05) is 37.0 Å². The molecule has 0 bridgehead atoms. The zero-order valence-electron chi connectivity index (χ0n) is 18.6. The number of anilines is 1. The first kappa shape index (κ1) is 22.3. The third-order valence-corrected chi connectivity index (χ3v) is 8.97. The Morgan fingerprint density at radius 1 is 1.09 bits per heavy atom. The lowest BCUT2D eigenvalue weighted by Gasteiger charge is -2.35. The van der Waals surface area contributed by atoms with E-state index in [0.717, 1.165) is 44.0 Å². The number of nitrogens with zero attached hydrogens (tertiary/aromatic N) is 3. The Labute approximate surface area is 198 Å². The molecular formula is C25H27N3O3S2. The molecule has 0 N–H and O–H groups in total. The molecule has 1 aromatic heterocycles. The summed E-state index contributed by atoms with van der Waals surface area (Å²) in [7, 11) is -3.37. The normalized spacial score (nSPS) is 21.2. The topological polar surface area (TPSA) is 70.6 Å². The van der Waals surface area contributed by atoms with E-state index in [1.165, 1.54) is 41.9 Å². The molecule has 0 amide bonds. The summed E-state index contributed by atoms with van der Waals surface area (Å²) in [6.45, 7) is 3.93. The average molecular weight is 482 g/mol. The lowest BCUT2D eigenvalue weighted by atomic mass is 9.95. The highest BCUT2D eigenvalue weighted by molar-refractivity contribution is 7.90. The van der Waals surface area contributed by atoms with Crippen molar-refractivity contribution >= 4 is 32.1 Å². The number of benzene rings is 2. The maximum absolute atomic E-state index is 13.0. The maximum atomic E-state index is 13.0. The molecule has 0 saturated carbocycles. The van der Waals surface area contributed by atoms with Gasteiger partial charge in [-0.05, 0) is 43.5 Å². The molecule has 2 aromatic carbocycles. The smallest absolute Gasteiger partial charge is 0.204 e. The van der Waals surface area contributed by atoms with E-state index < -0.39 is 9.84 Å². The van der Waals surface area contributed by atoms with Crippen LogP contribution in [0.15, 0.2) is 65.7 Å². The van der Waals surface area contributed by atoms with Gasteiger partial charge in [-0.25, -0.2) is 13.4 Å². The third kappa shape index (κ3) is 4.47. The average Bonchev–Trinajstić information content (AvgIpc) is 3.55. The Morgan fingerprint density at radius 2 is 1.91 bits per heavy atom. The zero-order chi connectivity index (χ0) is 23.1. The summed E-state index contributed by atoms with van der Waals surface area (Å²) in [5.41, 5.74) is 1.88. The lowest BCUT2D eigenvalue weighted by Crippen LogP contribution is -2.45. The molecule has 172 valence electrons. The largest absolute Gasteiger partial charge is 0.346 e. The van der Waals surface area contributed by atoms with Crippen LogP contribution < -0.4 is 4.90 Å². The fourth-order valence-corrected chi connectivity index (χ4v) is 6.62. The molecule has 8 heteroatoms. The van der Waals surface area contributed by atoms with Gasteiger partial charge in [-0.3, -0.25) is 9.69 Å². The number of ketones is 1. The predicted octanol–water partition coefficient (Wildman–Crippen LogP) is 4.02. The van der Waals surface area contributed by atoms with Crippen molar-refractivity contribution in [2.24, 2.45) is 0 Å². The molecule has 0 radical (unpaired) electrons. The predicted molar refractivity (Wildman–Crippen MR) is 131 cm³/mol. The van der Waals surface area contributed by atoms with Crippen molar-refractivity contribution in [3.63, 3.8) is 0 Å². The van der Waals surface area contributed by atoms with Crippen molar-refractivity contribution in [2.75, 3.05) is 30.8 Å². The van der Waals surface area contributed by atoms with Crippen molar-refractivity contribution in [2.45, 2.75) is 36.2 Å². The lowest BCUT2D eigenvalue weighted by molar-refractivity contribution is 0.104. The summed E-state index contributed by atoms with van der Waals surface area (Å²) in [5, 5.41) is 0.862. The van der Waals surface area contributed by atoms with Crippen LogP contribution in [-0.4, -0.2) is 55.5 Å². The minimum absolute atomic E-state index is 0.152. The van der Waals surface area contributed by atoms with E-state index in [2.05, 4.69) is 45.1 Å². The molecule has 1 unspecified atom stereocenters. The fourth-order valence-electron chi connectivity index (χ4n) is 5.05. The van der Waals surface area contributed by atoms with Crippen LogP contribution in [0.4, 0.5) is 5.13 Å². The summed E-state index contributed by atoms with van der Waals surface area (Å²) in [4.78, 5) is 23.2. The molecule has 1 atom stereocenters. The quantitative estimate of drug-likeness (QED) is 0.495. The molecule has 0 aliphatic carbocycles. The highest BCUT2D eigenvalue weighted by Gasteiger charge is 2.46. The molecule has 2 aliphatic heterocycles. The molecule has 2 saturated heterocycles. The minimum atomic E-state index is -3.37. The summed E-state index contributed by atoms with van der Waals surface area (Å²) in [6, 6.07) is 16.8. The number of rotatable bonds is 6. The second kappa shape index (κ2) is 8.66. The number of likely N-dealkylation sites (tertiary alicyclic amines) is 1. The second-order valence-corrected chi connectivity index (χ2v) is 12.1. The molecule has 33 heavy (non-hydrogen) atoms. The second-order valence-electron chi connectivity index (χ2n) is 9.04. The van der Waals surface area contributed by atoms with E-state index in [1.807, 2.05) is 0 Å². The Balaban J connectivity index is 1.31. The van der Waals surface area contributed by atoms with Crippen LogP contribution in [0.25, 0.3) is 0 Å². The summed E-state index contributed by atoms with van der Waals surface area (Å²) in [6.07, 6.45) is 6.26. The van der Waals surface area contributed by atoms with Crippen molar-refractivity contribution < 1.29 is 13.2 Å². The van der Waals surface area contributed by atoms with E-state index >= 15 is 0 Å². The van der Waals surface area contributed by atoms with Gasteiger partial charge in [0.05, 0.1) is 16.0 Å². The van der Waals surface area contributed by atoms with Crippen molar-refractivity contribution in [3.8, 4) is 0 Å². The zero-order valence-corrected chi connectivity index (χ0v) is 20.2. The van der Waals surface area contributed by atoms with E-state index in [-0.39, 0.29) is 16.2 Å². The van der Waals surface area contributed by atoms with Crippen LogP contribution in [0.1, 0.15) is 40.1 Å². The van der Waals surface area contributed by atoms with Gasteiger partial charge in [-0.1, -0.05) is 53.8 Å². The van der Waals surface area contributed by atoms with E-state index in [0.29, 0.717) is 10.4 Å². The van der Waals surface area contributed by atoms with Crippen LogP contribution in [0, 0.1) is 0 Å². The SMILES string of the molecule is CS(=O)(=O)c1cccc(C(=O)c2cnc(N3CCC4(CCCN4Cc4ccccc4)C3)s2)c1. The molecule has 5 rings (SSSR count). The maximum Gasteiger partial charge on any atom is 0.204 e. The molecule has 2 fully saturated rings. The number of hydrogen-bond acceptors (Lipinski definition) is 7. The Kier molecular flexibility index (Phi) is 5.84. The van der Waals surface area contributed by atoms with Crippen LogP contribution in [0.5, 0.6) is 0 Å². The number of aromatic nitrogens is 1. The molecular weight excluding hydrogens is 454 g/mol. The van der Waals surface area contributed by atoms with Gasteiger partial charge in [0.1, 0.15) is 0 Å². The number of carbonyl (C=O) groups excluding carboxylic acids is 1. The van der Waals surface area contributed by atoms with Crippen LogP contribution in [-0.2, 0) is 16.4 Å². The summed E-state index contributed by atoms with van der Waals surface area (Å²) >= 11 is 1.39. The van der Waals surface area contributed by atoms with Gasteiger partial charge >= 0.3 is 0 Å². The Hall–Kier alpha value is -2.55. The monoisotopic (exact) mass is 481 g/mol. The van der Waals surface area contributed by atoms with E-state index in [1.54, 1.807) is 18.3 Å². The van der Waals surface area contributed by atoms with Gasteiger partial charge in [0.15, 0.2) is 15.0 Å². The molecule has 6 nitrogen and oxygen atoms in total. The van der Waals surface area contributed by atoms with Gasteiger partial charge < -0.3 is 4.90 Å². The molecule has 2 aliphatic rings. The van der Waals surface area contributed by atoms with Crippen molar-refractivity contribution in [1.29, 1.82) is 0 Å². The number of carbonyl (C=O) groups is 1. The summed E-state index contributed by atoms with van der Waals surface area (Å²) < 4.78 is 23.7. The first-order valence-electron chi connectivity index (χ1n) is 11.2. The van der Waals surface area contributed by atoms with Crippen molar-refractivity contribution in [3.05, 3.63) is 76.8 Å². The third-order valence-electron chi connectivity index (χ3n) is 6.80. The highest BCUT2D eigenvalue weighted by atomic mass is 32.2. The van der Waals surface area contributed by atoms with Crippen LogP contribution >= 0.6 is 11.3 Å². The fraction of sp³-hybridized carbons (Fsp3) is 0.360. The number of thiazole rings is 1. The van der Waals surface area contributed by atoms with Crippen molar-refractivity contribution in [1.82, 2.24) is 9.88 Å². The Morgan fingerprint density at radius 3 is 2.70 bits per heavy atom. The van der Waals surface area contributed by atoms with Gasteiger partial charge in [-0.15, -0.1) is 0 Å². The van der Waals surface area contributed by atoms with Gasteiger partial charge in [-0.2, -0.15) is 0 Å². The van der Waals surface area contributed by atoms with Crippen LogP contribution in [0.3, 0.4) is 0 Å². The van der Waals surface area contributed by atoms with Crippen LogP contribution in [0.2, 0.25) is 0 Å². The molecule has 1 spiro atoms. The number of sulfone groups is 1. The van der Waals surface area contributed by atoms with Gasteiger partial charge in [0.2, 0.25) is 5.78 Å². The minimum Gasteiger partial charge on any atom is -0.346 e. The first-order chi connectivity index (χ1) is 15.8.